The molecule has 2 aromatic carbocycles. The highest BCUT2D eigenvalue weighted by Gasteiger charge is 2.21. The van der Waals surface area contributed by atoms with Crippen molar-refractivity contribution in [3.63, 3.8) is 0 Å². The van der Waals surface area contributed by atoms with Gasteiger partial charge in [-0.1, -0.05) is 18.2 Å². The van der Waals surface area contributed by atoms with Crippen molar-refractivity contribution >= 4 is 17.6 Å². The summed E-state index contributed by atoms with van der Waals surface area (Å²) in [6.45, 7) is 0.766. The number of hydrogen-bond acceptors (Lipinski definition) is 4. The SMILES string of the molecule is N#Cc1ccccc1COC(=O)c1ccc(N2CCCC2=O)cc1. The Kier molecular flexibility index (Phi) is 4.57. The monoisotopic (exact) mass is 320 g/mol. The molecule has 120 valence electrons. The fourth-order valence-corrected chi connectivity index (χ4v) is 2.68. The zero-order valence-corrected chi connectivity index (χ0v) is 13.1. The molecule has 0 aromatic heterocycles. The van der Waals surface area contributed by atoms with Crippen molar-refractivity contribution in [2.24, 2.45) is 0 Å². The molecule has 0 radical (unpaired) electrons. The number of anilines is 1. The molecule has 1 heterocycles. The number of nitrogens with zero attached hydrogens (tertiary/aromatic N) is 2. The highest BCUT2D eigenvalue weighted by molar-refractivity contribution is 5.96. The van der Waals surface area contributed by atoms with Gasteiger partial charge in [0.1, 0.15) is 6.61 Å². The molecule has 0 aliphatic carbocycles. The van der Waals surface area contributed by atoms with E-state index in [0.717, 1.165) is 12.1 Å². The number of rotatable bonds is 4. The molecule has 0 saturated carbocycles. The van der Waals surface area contributed by atoms with Crippen molar-refractivity contribution < 1.29 is 14.3 Å². The minimum atomic E-state index is -0.456. The highest BCUT2D eigenvalue weighted by atomic mass is 16.5. The molecule has 2 aromatic rings. The van der Waals surface area contributed by atoms with Crippen LogP contribution in [0.2, 0.25) is 0 Å². The fraction of sp³-hybridized carbons (Fsp3) is 0.211. The standard InChI is InChI=1S/C19H16N2O3/c20-12-15-4-1-2-5-16(15)13-24-19(23)14-7-9-17(10-8-14)21-11-3-6-18(21)22/h1-2,4-5,7-10H,3,6,11,13H2. The molecule has 1 amide bonds. The molecular formula is C19H16N2O3. The van der Waals surface area contributed by atoms with Crippen LogP contribution in [-0.4, -0.2) is 18.4 Å². The van der Waals surface area contributed by atoms with Gasteiger partial charge in [-0.2, -0.15) is 5.26 Å². The number of amides is 1. The lowest BCUT2D eigenvalue weighted by Crippen LogP contribution is -2.23. The molecule has 0 spiro atoms. The van der Waals surface area contributed by atoms with Gasteiger partial charge in [0.2, 0.25) is 5.91 Å². The van der Waals surface area contributed by atoms with Crippen LogP contribution in [0.15, 0.2) is 48.5 Å². The summed E-state index contributed by atoms with van der Waals surface area (Å²) in [4.78, 5) is 25.6. The molecule has 24 heavy (non-hydrogen) atoms. The van der Waals surface area contributed by atoms with Crippen LogP contribution >= 0.6 is 0 Å². The summed E-state index contributed by atoms with van der Waals surface area (Å²) in [6, 6.07) is 15.9. The number of nitriles is 1. The summed E-state index contributed by atoms with van der Waals surface area (Å²) in [5.41, 5.74) is 2.38. The van der Waals surface area contributed by atoms with E-state index in [9.17, 15) is 9.59 Å². The zero-order chi connectivity index (χ0) is 16.9. The van der Waals surface area contributed by atoms with Gasteiger partial charge in [0.15, 0.2) is 0 Å². The molecule has 0 atom stereocenters. The quantitative estimate of drug-likeness (QED) is 0.812. The lowest BCUT2D eigenvalue weighted by atomic mass is 10.1. The van der Waals surface area contributed by atoms with E-state index in [0.29, 0.717) is 29.7 Å². The lowest BCUT2D eigenvalue weighted by Gasteiger charge is -2.15. The molecule has 0 unspecified atom stereocenters. The summed E-state index contributed by atoms with van der Waals surface area (Å²) in [5, 5.41) is 9.03. The lowest BCUT2D eigenvalue weighted by molar-refractivity contribution is -0.117. The van der Waals surface area contributed by atoms with Crippen molar-refractivity contribution in [1.82, 2.24) is 0 Å². The van der Waals surface area contributed by atoms with Crippen LogP contribution in [0.4, 0.5) is 5.69 Å². The second kappa shape index (κ2) is 6.97. The normalized spacial score (nSPS) is 13.6. The average molecular weight is 320 g/mol. The van der Waals surface area contributed by atoms with Gasteiger partial charge in [-0.15, -0.1) is 0 Å². The van der Waals surface area contributed by atoms with Crippen molar-refractivity contribution in [3.8, 4) is 6.07 Å². The van der Waals surface area contributed by atoms with Crippen LogP contribution in [0, 0.1) is 11.3 Å². The molecule has 1 saturated heterocycles. The second-order valence-electron chi connectivity index (χ2n) is 5.54. The number of esters is 1. The third-order valence-corrected chi connectivity index (χ3v) is 3.98. The van der Waals surface area contributed by atoms with Gasteiger partial charge < -0.3 is 9.64 Å². The van der Waals surface area contributed by atoms with Gasteiger partial charge in [-0.25, -0.2) is 4.79 Å². The second-order valence-corrected chi connectivity index (χ2v) is 5.54. The number of carbonyl (C=O) groups excluding carboxylic acids is 2. The number of hydrogen-bond donors (Lipinski definition) is 0. The highest BCUT2D eigenvalue weighted by Crippen LogP contribution is 2.22. The average Bonchev–Trinajstić information content (AvgIpc) is 3.06. The third kappa shape index (κ3) is 3.28. The maximum absolute atomic E-state index is 12.1. The topological polar surface area (TPSA) is 70.4 Å². The summed E-state index contributed by atoms with van der Waals surface area (Å²) >= 11 is 0. The molecule has 0 N–H and O–H groups in total. The summed E-state index contributed by atoms with van der Waals surface area (Å²) in [5.74, 6) is -0.347. The van der Waals surface area contributed by atoms with Crippen LogP contribution in [0.25, 0.3) is 0 Å². The number of benzene rings is 2. The van der Waals surface area contributed by atoms with Gasteiger partial charge in [-0.3, -0.25) is 4.79 Å². The van der Waals surface area contributed by atoms with Crippen LogP contribution in [0.1, 0.15) is 34.3 Å². The Bertz CT molecular complexity index is 806. The van der Waals surface area contributed by atoms with Gasteiger partial charge in [-0.05, 0) is 36.8 Å². The van der Waals surface area contributed by atoms with Crippen LogP contribution < -0.4 is 4.90 Å². The Hall–Kier alpha value is -3.13. The third-order valence-electron chi connectivity index (χ3n) is 3.98. The largest absolute Gasteiger partial charge is 0.457 e. The van der Waals surface area contributed by atoms with Gasteiger partial charge in [0.25, 0.3) is 0 Å². The molecule has 5 heteroatoms. The van der Waals surface area contributed by atoms with Crippen LogP contribution in [0.3, 0.4) is 0 Å². The molecule has 1 aliphatic heterocycles. The van der Waals surface area contributed by atoms with E-state index in [1.807, 2.05) is 0 Å². The van der Waals surface area contributed by atoms with Crippen LogP contribution in [-0.2, 0) is 16.1 Å². The predicted molar refractivity (Wildman–Crippen MR) is 88.3 cm³/mol. The Morgan fingerprint density at radius 1 is 1.17 bits per heavy atom. The minimum Gasteiger partial charge on any atom is -0.457 e. The van der Waals surface area contributed by atoms with Crippen molar-refractivity contribution in [1.29, 1.82) is 5.26 Å². The van der Waals surface area contributed by atoms with Crippen molar-refractivity contribution in [2.75, 3.05) is 11.4 Å². The Labute approximate surface area is 140 Å². The van der Waals surface area contributed by atoms with E-state index in [-0.39, 0.29) is 12.5 Å². The first kappa shape index (κ1) is 15.8. The van der Waals surface area contributed by atoms with Crippen molar-refractivity contribution in [3.05, 3.63) is 65.2 Å². The fourth-order valence-electron chi connectivity index (χ4n) is 2.68. The van der Waals surface area contributed by atoms with E-state index < -0.39 is 5.97 Å². The molecule has 5 nitrogen and oxygen atoms in total. The van der Waals surface area contributed by atoms with Crippen molar-refractivity contribution in [2.45, 2.75) is 19.4 Å². The molecule has 1 fully saturated rings. The van der Waals surface area contributed by atoms with Gasteiger partial charge in [0.05, 0.1) is 17.2 Å². The van der Waals surface area contributed by atoms with E-state index in [1.165, 1.54) is 0 Å². The molecule has 3 rings (SSSR count). The van der Waals surface area contributed by atoms with Gasteiger partial charge >= 0.3 is 5.97 Å². The Morgan fingerprint density at radius 2 is 1.92 bits per heavy atom. The number of carbonyl (C=O) groups is 2. The zero-order valence-electron chi connectivity index (χ0n) is 13.1. The van der Waals surface area contributed by atoms with E-state index in [1.54, 1.807) is 53.4 Å². The smallest absolute Gasteiger partial charge is 0.338 e. The first-order chi connectivity index (χ1) is 11.7. The summed E-state index contributed by atoms with van der Waals surface area (Å²) in [6.07, 6.45) is 1.43. The maximum atomic E-state index is 12.1. The minimum absolute atomic E-state index is 0.0505. The number of ether oxygens (including phenoxy) is 1. The Balaban J connectivity index is 1.65. The molecule has 0 bridgehead atoms. The Morgan fingerprint density at radius 3 is 2.58 bits per heavy atom. The summed E-state index contributed by atoms with van der Waals surface area (Å²) < 4.78 is 5.27. The van der Waals surface area contributed by atoms with Gasteiger partial charge in [0, 0.05) is 24.2 Å². The molecule has 1 aliphatic rings. The first-order valence-corrected chi connectivity index (χ1v) is 7.74. The van der Waals surface area contributed by atoms with E-state index >= 15 is 0 Å². The first-order valence-electron chi connectivity index (χ1n) is 7.74. The predicted octanol–water partition coefficient (Wildman–Crippen LogP) is 3.04. The van der Waals surface area contributed by atoms with Crippen LogP contribution in [0.5, 0.6) is 0 Å². The maximum Gasteiger partial charge on any atom is 0.338 e. The summed E-state index contributed by atoms with van der Waals surface area (Å²) in [7, 11) is 0. The van der Waals surface area contributed by atoms with E-state index in [4.69, 9.17) is 10.00 Å². The van der Waals surface area contributed by atoms with E-state index in [2.05, 4.69) is 6.07 Å². The molecular weight excluding hydrogens is 304 g/mol.